The average Bonchev–Trinajstić information content (AvgIpc) is 2.63. The average molecular weight is 374 g/mol. The second kappa shape index (κ2) is 13.4. The summed E-state index contributed by atoms with van der Waals surface area (Å²) in [7, 11) is 0. The van der Waals surface area contributed by atoms with Crippen LogP contribution in [0.4, 0.5) is 17.8 Å². The molecule has 11 heteroatoms. The van der Waals surface area contributed by atoms with E-state index in [4.69, 9.17) is 19.7 Å². The molecule has 11 nitrogen and oxygen atoms in total. The summed E-state index contributed by atoms with van der Waals surface area (Å²) in [5.41, 5.74) is 0. The molecule has 26 heavy (non-hydrogen) atoms. The third-order valence-electron chi connectivity index (χ3n) is 3.28. The zero-order chi connectivity index (χ0) is 19.2. The van der Waals surface area contributed by atoms with Crippen LogP contribution in [0.25, 0.3) is 0 Å². The second-order valence-electron chi connectivity index (χ2n) is 5.32. The molecule has 0 aliphatic carbocycles. The number of unbranched alkanes of at least 4 members (excludes halogenated alkanes) is 2. The van der Waals surface area contributed by atoms with Gasteiger partial charge >= 0.3 is 0 Å². The molecule has 0 radical (unpaired) electrons. The van der Waals surface area contributed by atoms with Crippen LogP contribution in [-0.2, 0) is 9.47 Å². The first-order valence-corrected chi connectivity index (χ1v) is 8.76. The van der Waals surface area contributed by atoms with E-state index in [1.165, 1.54) is 4.90 Å². The van der Waals surface area contributed by atoms with Gasteiger partial charge < -0.3 is 35.4 Å². The normalized spacial score (nSPS) is 11.0. The molecule has 0 bridgehead atoms. The molecule has 1 rings (SSSR count). The Morgan fingerprint density at radius 3 is 1.77 bits per heavy atom. The zero-order valence-electron chi connectivity index (χ0n) is 15.4. The predicted molar refractivity (Wildman–Crippen MR) is 96.3 cm³/mol. The number of aliphatic hydroxyl groups excluding tert-OH is 3. The molecule has 1 heterocycles. The summed E-state index contributed by atoms with van der Waals surface area (Å²) in [5.74, 6) is 0.230. The van der Waals surface area contributed by atoms with Crippen LogP contribution in [0.2, 0.25) is 0 Å². The summed E-state index contributed by atoms with van der Waals surface area (Å²) in [6.07, 6.45) is 2.74. The van der Waals surface area contributed by atoms with Gasteiger partial charge in [0, 0.05) is 0 Å². The van der Waals surface area contributed by atoms with Gasteiger partial charge in [0.05, 0.1) is 13.2 Å². The molecule has 0 aromatic carbocycles. The van der Waals surface area contributed by atoms with Crippen LogP contribution in [0.1, 0.15) is 39.5 Å². The van der Waals surface area contributed by atoms with Gasteiger partial charge in [-0.25, -0.2) is 0 Å². The Morgan fingerprint density at radius 2 is 1.38 bits per heavy atom. The Labute approximate surface area is 153 Å². The number of rotatable bonds is 15. The number of nitrogens with zero attached hydrogens (tertiary/aromatic N) is 4. The number of anilines is 3. The van der Waals surface area contributed by atoms with E-state index in [9.17, 15) is 5.11 Å². The van der Waals surface area contributed by atoms with Crippen molar-refractivity contribution in [2.75, 3.05) is 48.9 Å². The van der Waals surface area contributed by atoms with Crippen molar-refractivity contribution in [1.29, 1.82) is 0 Å². The fourth-order valence-electron chi connectivity index (χ4n) is 1.90. The maximum Gasteiger partial charge on any atom is 0.244 e. The highest BCUT2D eigenvalue weighted by Gasteiger charge is 2.23. The minimum atomic E-state index is -0.871. The Hall–Kier alpha value is -1.79. The Balaban J connectivity index is 3.03. The van der Waals surface area contributed by atoms with Crippen LogP contribution < -0.4 is 15.5 Å². The van der Waals surface area contributed by atoms with Crippen molar-refractivity contribution in [3.05, 3.63) is 0 Å². The molecule has 1 aromatic rings. The number of hydrogen-bond donors (Lipinski definition) is 5. The molecule has 150 valence electrons. The number of aromatic nitrogens is 3. The fraction of sp³-hybridized carbons (Fsp3) is 0.800. The summed E-state index contributed by atoms with van der Waals surface area (Å²) < 4.78 is 11.5. The van der Waals surface area contributed by atoms with E-state index in [0.29, 0.717) is 13.2 Å². The van der Waals surface area contributed by atoms with Gasteiger partial charge in [0.25, 0.3) is 0 Å². The van der Waals surface area contributed by atoms with Crippen LogP contribution in [0.5, 0.6) is 0 Å². The van der Waals surface area contributed by atoms with Gasteiger partial charge in [-0.05, 0) is 12.8 Å². The monoisotopic (exact) mass is 374 g/mol. The molecule has 0 saturated heterocycles. The van der Waals surface area contributed by atoms with Crippen molar-refractivity contribution in [2.45, 2.75) is 45.9 Å². The number of aliphatic hydroxyl groups is 3. The Bertz CT molecular complexity index is 461. The molecule has 0 aliphatic rings. The van der Waals surface area contributed by atoms with Crippen molar-refractivity contribution >= 4 is 17.8 Å². The quantitative estimate of drug-likeness (QED) is 0.213. The van der Waals surface area contributed by atoms with Crippen LogP contribution in [0, 0.1) is 0 Å². The van der Waals surface area contributed by atoms with E-state index in [1.807, 2.05) is 13.8 Å². The lowest BCUT2D eigenvalue weighted by Crippen LogP contribution is -2.42. The first kappa shape index (κ1) is 22.3. The highest BCUT2D eigenvalue weighted by Crippen LogP contribution is 2.17. The summed E-state index contributed by atoms with van der Waals surface area (Å²) >= 11 is 0. The van der Waals surface area contributed by atoms with Crippen LogP contribution in [-0.4, -0.2) is 70.1 Å². The zero-order valence-corrected chi connectivity index (χ0v) is 15.4. The van der Waals surface area contributed by atoms with Crippen molar-refractivity contribution in [3.8, 4) is 0 Å². The van der Waals surface area contributed by atoms with Gasteiger partial charge in [-0.3, -0.25) is 4.90 Å². The molecule has 0 fully saturated rings. The van der Waals surface area contributed by atoms with Gasteiger partial charge in [-0.1, -0.05) is 26.7 Å². The molecule has 0 atom stereocenters. The third kappa shape index (κ3) is 7.62. The van der Waals surface area contributed by atoms with Crippen molar-refractivity contribution in [3.63, 3.8) is 0 Å². The van der Waals surface area contributed by atoms with E-state index in [0.717, 1.165) is 25.7 Å². The van der Waals surface area contributed by atoms with Gasteiger partial charge in [-0.2, -0.15) is 15.0 Å². The van der Waals surface area contributed by atoms with Gasteiger partial charge in [0.1, 0.15) is 20.2 Å². The van der Waals surface area contributed by atoms with Gasteiger partial charge in [0.2, 0.25) is 24.3 Å². The largest absolute Gasteiger partial charge is 0.376 e. The first-order valence-electron chi connectivity index (χ1n) is 8.76. The fourth-order valence-corrected chi connectivity index (χ4v) is 1.90. The molecule has 0 aliphatic heterocycles. The first-order chi connectivity index (χ1) is 12.7. The van der Waals surface area contributed by atoms with E-state index >= 15 is 0 Å². The second-order valence-corrected chi connectivity index (χ2v) is 5.32. The van der Waals surface area contributed by atoms with E-state index < -0.39 is 13.1 Å². The maximum atomic E-state index is 9.83. The highest BCUT2D eigenvalue weighted by molar-refractivity contribution is 5.43. The molecule has 5 N–H and O–H groups in total. The lowest BCUT2D eigenvalue weighted by Gasteiger charge is -2.29. The molecule has 0 saturated carbocycles. The van der Waals surface area contributed by atoms with Crippen LogP contribution in [0.3, 0.4) is 0 Å². The minimum absolute atomic E-state index is 0.0763. The highest BCUT2D eigenvalue weighted by atomic mass is 16.7. The number of ether oxygens (including phenoxy) is 2. The van der Waals surface area contributed by atoms with Crippen molar-refractivity contribution in [2.24, 2.45) is 0 Å². The van der Waals surface area contributed by atoms with Crippen LogP contribution >= 0.6 is 0 Å². The minimum Gasteiger partial charge on any atom is -0.376 e. The van der Waals surface area contributed by atoms with Gasteiger partial charge in [0.15, 0.2) is 0 Å². The Morgan fingerprint density at radius 1 is 0.885 bits per heavy atom. The molecule has 1 aromatic heterocycles. The van der Waals surface area contributed by atoms with E-state index in [1.54, 1.807) is 0 Å². The lowest BCUT2D eigenvalue weighted by atomic mass is 10.4. The predicted octanol–water partition coefficient (Wildman–Crippen LogP) is 0.268. The molecular weight excluding hydrogens is 344 g/mol. The smallest absolute Gasteiger partial charge is 0.244 e. The van der Waals surface area contributed by atoms with Crippen LogP contribution in [0.15, 0.2) is 0 Å². The standard InChI is InChI=1S/C15H30N6O5/c1-3-5-7-25-15(26-8-6-4-2)21(11-24)14-19-12(16-9-22)18-13(20-14)17-10-23/h15,22-24H,3-11H2,1-2H3,(H2,16,17,18,19,20). The summed E-state index contributed by atoms with van der Waals surface area (Å²) in [6, 6.07) is 0. The van der Waals surface area contributed by atoms with E-state index in [-0.39, 0.29) is 31.3 Å². The summed E-state index contributed by atoms with van der Waals surface area (Å²) in [5, 5.41) is 33.0. The van der Waals surface area contributed by atoms with Crippen molar-refractivity contribution < 1.29 is 24.8 Å². The number of hydrogen-bond acceptors (Lipinski definition) is 11. The summed E-state index contributed by atoms with van der Waals surface area (Å²) in [6.45, 7) is 3.79. The maximum absolute atomic E-state index is 9.83. The molecular formula is C15H30N6O5. The third-order valence-corrected chi connectivity index (χ3v) is 3.28. The lowest BCUT2D eigenvalue weighted by molar-refractivity contribution is -0.149. The molecule has 0 amide bonds. The van der Waals surface area contributed by atoms with Gasteiger partial charge in [-0.15, -0.1) is 0 Å². The topological polar surface area (TPSA) is 145 Å². The Kier molecular flexibility index (Phi) is 11.5. The molecule has 0 spiro atoms. The summed E-state index contributed by atoms with van der Waals surface area (Å²) in [4.78, 5) is 13.6. The number of nitrogens with one attached hydrogen (secondary N) is 2. The SMILES string of the molecule is CCCCOC(OCCCC)N(CO)c1nc(NCO)nc(NCO)n1. The van der Waals surface area contributed by atoms with E-state index in [2.05, 4.69) is 25.6 Å². The van der Waals surface area contributed by atoms with Crippen molar-refractivity contribution in [1.82, 2.24) is 15.0 Å². The molecule has 0 unspecified atom stereocenters.